The highest BCUT2D eigenvalue weighted by molar-refractivity contribution is 7.90. The fraction of sp³-hybridized carbons (Fsp3) is 0.562. The predicted molar refractivity (Wildman–Crippen MR) is 94.4 cm³/mol. The first-order valence-electron chi connectivity index (χ1n) is 8.02. The fourth-order valence-corrected chi connectivity index (χ4v) is 4.05. The summed E-state index contributed by atoms with van der Waals surface area (Å²) in [5.74, 6) is -0.107. The fourth-order valence-electron chi connectivity index (χ4n) is 2.80. The molecule has 7 nitrogen and oxygen atoms in total. The number of methoxy groups -OCH3 is 1. The van der Waals surface area contributed by atoms with Crippen molar-refractivity contribution in [3.8, 4) is 5.75 Å². The van der Waals surface area contributed by atoms with Crippen LogP contribution in [0.4, 0.5) is 11.4 Å². The maximum absolute atomic E-state index is 12.2. The molecule has 0 spiro atoms. The molecule has 0 heterocycles. The van der Waals surface area contributed by atoms with Crippen LogP contribution in [0.3, 0.4) is 0 Å². The largest absolute Gasteiger partial charge is 0.497 e. The van der Waals surface area contributed by atoms with E-state index in [4.69, 9.17) is 10.5 Å². The number of anilines is 2. The molecule has 1 aromatic carbocycles. The van der Waals surface area contributed by atoms with Crippen molar-refractivity contribution in [2.75, 3.05) is 23.9 Å². The number of carbonyl (C=O) groups is 1. The van der Waals surface area contributed by atoms with Crippen LogP contribution in [-0.2, 0) is 14.8 Å². The summed E-state index contributed by atoms with van der Waals surface area (Å²) in [5, 5.41) is 2.52. The van der Waals surface area contributed by atoms with E-state index < -0.39 is 21.7 Å². The molecule has 0 aliphatic heterocycles. The van der Waals surface area contributed by atoms with Gasteiger partial charge >= 0.3 is 0 Å². The van der Waals surface area contributed by atoms with Crippen LogP contribution in [0, 0.1) is 5.92 Å². The lowest BCUT2D eigenvalue weighted by Crippen LogP contribution is -2.41. The van der Waals surface area contributed by atoms with E-state index in [-0.39, 0.29) is 6.04 Å². The van der Waals surface area contributed by atoms with Crippen LogP contribution < -0.4 is 20.5 Å². The van der Waals surface area contributed by atoms with Crippen LogP contribution in [0.1, 0.15) is 32.6 Å². The van der Waals surface area contributed by atoms with Gasteiger partial charge < -0.3 is 15.8 Å². The standard InChI is InChI=1S/C16H25N3O4S/c1-11-3-5-12(6-4-11)19-24(21,22)10-16(20)18-15-9-13(23-2)7-8-14(15)17/h7-9,11-12,19H,3-6,10,17H2,1-2H3,(H,18,20). The third-order valence-corrected chi connectivity index (χ3v) is 5.55. The molecule has 134 valence electrons. The Morgan fingerprint density at radius 1 is 1.29 bits per heavy atom. The third-order valence-electron chi connectivity index (χ3n) is 4.22. The summed E-state index contributed by atoms with van der Waals surface area (Å²) in [6.07, 6.45) is 3.62. The van der Waals surface area contributed by atoms with Gasteiger partial charge in [-0.05, 0) is 43.7 Å². The molecule has 0 unspecified atom stereocenters. The van der Waals surface area contributed by atoms with Crippen LogP contribution in [-0.4, -0.2) is 33.2 Å². The summed E-state index contributed by atoms with van der Waals surface area (Å²) >= 11 is 0. The molecule has 2 rings (SSSR count). The molecule has 1 aliphatic carbocycles. The molecule has 1 saturated carbocycles. The van der Waals surface area contributed by atoms with Crippen molar-refractivity contribution in [1.29, 1.82) is 0 Å². The quantitative estimate of drug-likeness (QED) is 0.673. The smallest absolute Gasteiger partial charge is 0.241 e. The summed E-state index contributed by atoms with van der Waals surface area (Å²) in [6.45, 7) is 2.16. The number of sulfonamides is 1. The first-order valence-corrected chi connectivity index (χ1v) is 9.67. The summed E-state index contributed by atoms with van der Waals surface area (Å²) in [6, 6.07) is 4.72. The van der Waals surface area contributed by atoms with Gasteiger partial charge in [-0.2, -0.15) is 0 Å². The summed E-state index contributed by atoms with van der Waals surface area (Å²) in [4.78, 5) is 12.0. The average Bonchev–Trinajstić information content (AvgIpc) is 2.51. The maximum Gasteiger partial charge on any atom is 0.241 e. The summed E-state index contributed by atoms with van der Waals surface area (Å²) < 4.78 is 32.0. The van der Waals surface area contributed by atoms with E-state index in [1.807, 2.05) is 0 Å². The molecular formula is C16H25N3O4S. The Morgan fingerprint density at radius 3 is 2.58 bits per heavy atom. The highest BCUT2D eigenvalue weighted by atomic mass is 32.2. The van der Waals surface area contributed by atoms with Crippen LogP contribution >= 0.6 is 0 Å². The van der Waals surface area contributed by atoms with Crippen molar-refractivity contribution in [3.63, 3.8) is 0 Å². The number of rotatable bonds is 6. The number of hydrogen-bond acceptors (Lipinski definition) is 5. The highest BCUT2D eigenvalue weighted by Gasteiger charge is 2.25. The van der Waals surface area contributed by atoms with Gasteiger partial charge in [-0.3, -0.25) is 4.79 Å². The number of nitrogens with two attached hydrogens (primary N) is 1. The monoisotopic (exact) mass is 355 g/mol. The summed E-state index contributed by atoms with van der Waals surface area (Å²) in [7, 11) is -2.18. The second-order valence-electron chi connectivity index (χ2n) is 6.34. The first-order chi connectivity index (χ1) is 11.3. The topological polar surface area (TPSA) is 111 Å². The Labute approximate surface area is 143 Å². The zero-order valence-corrected chi connectivity index (χ0v) is 14.9. The van der Waals surface area contributed by atoms with Gasteiger partial charge in [0.15, 0.2) is 0 Å². The van der Waals surface area contributed by atoms with E-state index in [1.54, 1.807) is 18.2 Å². The number of hydrogen-bond donors (Lipinski definition) is 3. The molecule has 4 N–H and O–H groups in total. The lowest BCUT2D eigenvalue weighted by Gasteiger charge is -2.26. The first kappa shape index (κ1) is 18.5. The minimum Gasteiger partial charge on any atom is -0.497 e. The molecule has 0 radical (unpaired) electrons. The second kappa shape index (κ2) is 7.85. The van der Waals surface area contributed by atoms with Gasteiger partial charge in [0.2, 0.25) is 15.9 Å². The SMILES string of the molecule is COc1ccc(N)c(NC(=O)CS(=O)(=O)NC2CCC(C)CC2)c1. The molecule has 0 atom stereocenters. The molecule has 8 heteroatoms. The van der Waals surface area contributed by atoms with Crippen molar-refractivity contribution in [2.45, 2.75) is 38.6 Å². The second-order valence-corrected chi connectivity index (χ2v) is 8.09. The van der Waals surface area contributed by atoms with Crippen LogP contribution in [0.25, 0.3) is 0 Å². The van der Waals surface area contributed by atoms with Gasteiger partial charge in [0, 0.05) is 12.1 Å². The van der Waals surface area contributed by atoms with E-state index in [1.165, 1.54) is 7.11 Å². The van der Waals surface area contributed by atoms with Crippen LogP contribution in [0.2, 0.25) is 0 Å². The van der Waals surface area contributed by atoms with Gasteiger partial charge in [0.1, 0.15) is 11.5 Å². The Bertz CT molecular complexity index is 683. The number of amides is 1. The Balaban J connectivity index is 1.93. The van der Waals surface area contributed by atoms with Gasteiger partial charge in [-0.1, -0.05) is 6.92 Å². The van der Waals surface area contributed by atoms with E-state index >= 15 is 0 Å². The molecule has 24 heavy (non-hydrogen) atoms. The van der Waals surface area contributed by atoms with Crippen LogP contribution in [0.5, 0.6) is 5.75 Å². The number of nitrogens with one attached hydrogen (secondary N) is 2. The van der Waals surface area contributed by atoms with Crippen molar-refractivity contribution in [3.05, 3.63) is 18.2 Å². The third kappa shape index (κ3) is 5.38. The van der Waals surface area contributed by atoms with E-state index in [9.17, 15) is 13.2 Å². The molecule has 0 saturated heterocycles. The van der Waals surface area contributed by atoms with Gasteiger partial charge in [-0.25, -0.2) is 13.1 Å². The molecule has 1 aromatic rings. The van der Waals surface area contributed by atoms with Gasteiger partial charge in [0.25, 0.3) is 0 Å². The van der Waals surface area contributed by atoms with E-state index in [0.717, 1.165) is 25.7 Å². The van der Waals surface area contributed by atoms with Crippen LogP contribution in [0.15, 0.2) is 18.2 Å². The maximum atomic E-state index is 12.2. The highest BCUT2D eigenvalue weighted by Crippen LogP contribution is 2.25. The minimum atomic E-state index is -3.68. The zero-order valence-electron chi connectivity index (χ0n) is 14.0. The number of ether oxygens (including phenoxy) is 1. The Morgan fingerprint density at radius 2 is 1.96 bits per heavy atom. The Kier molecular flexibility index (Phi) is 6.06. The molecular weight excluding hydrogens is 330 g/mol. The average molecular weight is 355 g/mol. The molecule has 1 aliphatic rings. The zero-order chi connectivity index (χ0) is 17.7. The predicted octanol–water partition coefficient (Wildman–Crippen LogP) is 1.71. The molecule has 1 fully saturated rings. The van der Waals surface area contributed by atoms with Crippen molar-refractivity contribution >= 4 is 27.3 Å². The Hall–Kier alpha value is -1.80. The van der Waals surface area contributed by atoms with E-state index in [0.29, 0.717) is 23.0 Å². The number of benzene rings is 1. The van der Waals surface area contributed by atoms with E-state index in [2.05, 4.69) is 17.0 Å². The lowest BCUT2D eigenvalue weighted by atomic mass is 9.88. The number of nitrogen functional groups attached to an aromatic ring is 1. The van der Waals surface area contributed by atoms with Crippen molar-refractivity contribution in [1.82, 2.24) is 4.72 Å². The van der Waals surface area contributed by atoms with Gasteiger partial charge in [-0.15, -0.1) is 0 Å². The number of carbonyl (C=O) groups excluding carboxylic acids is 1. The summed E-state index contributed by atoms with van der Waals surface area (Å²) in [5.41, 5.74) is 6.46. The minimum absolute atomic E-state index is 0.0825. The molecule has 0 bridgehead atoms. The van der Waals surface area contributed by atoms with Crippen molar-refractivity contribution in [2.24, 2.45) is 5.92 Å². The van der Waals surface area contributed by atoms with Gasteiger partial charge in [0.05, 0.1) is 18.5 Å². The lowest BCUT2D eigenvalue weighted by molar-refractivity contribution is -0.113. The molecule has 1 amide bonds. The normalized spacial score (nSPS) is 21.2. The molecule has 0 aromatic heterocycles. The van der Waals surface area contributed by atoms with Crippen molar-refractivity contribution < 1.29 is 17.9 Å².